The number of rotatable bonds is 0. The molecule has 1 amide bonds. The summed E-state index contributed by atoms with van der Waals surface area (Å²) in [6, 6.07) is 0. The van der Waals surface area contributed by atoms with Crippen molar-refractivity contribution in [2.24, 2.45) is 5.84 Å². The number of thioether (sulfide) groups is 1. The molecule has 1 aliphatic heterocycles. The van der Waals surface area contributed by atoms with Gasteiger partial charge in [0.05, 0.1) is 11.1 Å². The summed E-state index contributed by atoms with van der Waals surface area (Å²) in [6.07, 6.45) is 0. The van der Waals surface area contributed by atoms with Crippen molar-refractivity contribution in [1.82, 2.24) is 5.01 Å². The molecule has 1 saturated heterocycles. The third-order valence-electron chi connectivity index (χ3n) is 1.13. The van der Waals surface area contributed by atoms with Crippen molar-refractivity contribution >= 4 is 17.7 Å². The number of carbonyl (C=O) groups excluding carboxylic acids is 1. The fourth-order valence-electron chi connectivity index (χ4n) is 0.550. The quantitative estimate of drug-likeness (QED) is 0.423. The summed E-state index contributed by atoms with van der Waals surface area (Å²) in [5.74, 6) is 5.85. The molecule has 0 saturated carbocycles. The summed E-state index contributed by atoms with van der Waals surface area (Å²) in [6.45, 7) is 5.91. The Kier molecular flexibility index (Phi) is 4.47. The fourth-order valence-corrected chi connectivity index (χ4v) is 1.36. The molecule has 0 aromatic rings. The van der Waals surface area contributed by atoms with Gasteiger partial charge in [0.1, 0.15) is 0 Å². The Morgan fingerprint density at radius 2 is 2.20 bits per heavy atom. The first-order valence-electron chi connectivity index (χ1n) is 3.40. The number of hydrazine groups is 1. The molecular formula is C6H14N2OS. The lowest BCUT2D eigenvalue weighted by Gasteiger charge is -2.11. The van der Waals surface area contributed by atoms with E-state index in [-0.39, 0.29) is 11.3 Å². The second kappa shape index (κ2) is 4.57. The molecule has 1 rings (SSSR count). The highest BCUT2D eigenvalue weighted by atomic mass is 32.2. The highest BCUT2D eigenvalue weighted by molar-refractivity contribution is 8.00. The molecule has 60 valence electrons. The van der Waals surface area contributed by atoms with Crippen LogP contribution < -0.4 is 5.84 Å². The van der Waals surface area contributed by atoms with Crippen LogP contribution >= 0.6 is 11.8 Å². The van der Waals surface area contributed by atoms with Gasteiger partial charge in [-0.2, -0.15) is 0 Å². The number of carbonyl (C=O) groups is 1. The van der Waals surface area contributed by atoms with E-state index in [0.717, 1.165) is 0 Å². The highest BCUT2D eigenvalue weighted by Gasteiger charge is 2.24. The van der Waals surface area contributed by atoms with E-state index in [0.29, 0.717) is 5.75 Å². The van der Waals surface area contributed by atoms with Gasteiger partial charge in [-0.05, 0) is 6.92 Å². The van der Waals surface area contributed by atoms with E-state index >= 15 is 0 Å². The summed E-state index contributed by atoms with van der Waals surface area (Å²) in [5, 5.41) is 1.44. The molecular weight excluding hydrogens is 148 g/mol. The van der Waals surface area contributed by atoms with Crippen molar-refractivity contribution in [3.05, 3.63) is 0 Å². The molecule has 10 heavy (non-hydrogen) atoms. The lowest BCUT2D eigenvalue weighted by Crippen LogP contribution is -2.37. The molecule has 3 nitrogen and oxygen atoms in total. The molecule has 1 fully saturated rings. The van der Waals surface area contributed by atoms with Crippen molar-refractivity contribution in [3.8, 4) is 0 Å². The van der Waals surface area contributed by atoms with Gasteiger partial charge >= 0.3 is 0 Å². The van der Waals surface area contributed by atoms with Gasteiger partial charge in [0.2, 0.25) is 5.91 Å². The SMILES string of the molecule is CC.CC1SCC(=O)N1N. The van der Waals surface area contributed by atoms with E-state index < -0.39 is 0 Å². The lowest BCUT2D eigenvalue weighted by atomic mass is 10.6. The Morgan fingerprint density at radius 3 is 2.30 bits per heavy atom. The first-order valence-corrected chi connectivity index (χ1v) is 4.45. The van der Waals surface area contributed by atoms with E-state index in [9.17, 15) is 4.79 Å². The Morgan fingerprint density at radius 1 is 1.70 bits per heavy atom. The lowest BCUT2D eigenvalue weighted by molar-refractivity contribution is -0.127. The van der Waals surface area contributed by atoms with E-state index in [1.54, 1.807) is 11.8 Å². The first-order chi connectivity index (χ1) is 4.72. The zero-order chi connectivity index (χ0) is 8.15. The predicted octanol–water partition coefficient (Wildman–Crippen LogP) is 0.808. The Bertz CT molecular complexity index is 118. The van der Waals surface area contributed by atoms with Gasteiger partial charge in [0.25, 0.3) is 0 Å². The van der Waals surface area contributed by atoms with Gasteiger partial charge in [-0.25, -0.2) is 5.84 Å². The number of amides is 1. The minimum Gasteiger partial charge on any atom is -0.272 e. The van der Waals surface area contributed by atoms with Gasteiger partial charge in [0.15, 0.2) is 0 Å². The minimum atomic E-state index is 0.0301. The van der Waals surface area contributed by atoms with E-state index in [4.69, 9.17) is 5.84 Å². The summed E-state index contributed by atoms with van der Waals surface area (Å²) < 4.78 is 0. The highest BCUT2D eigenvalue weighted by Crippen LogP contribution is 2.19. The van der Waals surface area contributed by atoms with Crippen molar-refractivity contribution in [3.63, 3.8) is 0 Å². The van der Waals surface area contributed by atoms with Crippen LogP contribution in [0.1, 0.15) is 20.8 Å². The Labute approximate surface area is 65.9 Å². The number of hydrogen-bond donors (Lipinski definition) is 1. The predicted molar refractivity (Wildman–Crippen MR) is 44.3 cm³/mol. The summed E-state index contributed by atoms with van der Waals surface area (Å²) >= 11 is 1.56. The average molecular weight is 162 g/mol. The van der Waals surface area contributed by atoms with Crippen LogP contribution in [0, 0.1) is 0 Å². The normalized spacial score (nSPS) is 24.2. The maximum absolute atomic E-state index is 10.6. The Hall–Kier alpha value is -0.220. The largest absolute Gasteiger partial charge is 0.272 e. The molecule has 1 unspecified atom stereocenters. The van der Waals surface area contributed by atoms with Crippen LogP contribution in [-0.2, 0) is 4.79 Å². The van der Waals surface area contributed by atoms with Crippen LogP contribution in [0.3, 0.4) is 0 Å². The zero-order valence-electron chi connectivity index (χ0n) is 6.63. The van der Waals surface area contributed by atoms with Crippen LogP contribution in [0.5, 0.6) is 0 Å². The molecule has 1 atom stereocenters. The molecule has 1 aliphatic rings. The number of nitrogens with two attached hydrogens (primary N) is 1. The smallest absolute Gasteiger partial charge is 0.247 e. The maximum atomic E-state index is 10.6. The van der Waals surface area contributed by atoms with Gasteiger partial charge < -0.3 is 0 Å². The monoisotopic (exact) mass is 162 g/mol. The molecule has 1 heterocycles. The van der Waals surface area contributed by atoms with Gasteiger partial charge in [-0.1, -0.05) is 13.8 Å². The van der Waals surface area contributed by atoms with Crippen LogP contribution in [0.4, 0.5) is 0 Å². The van der Waals surface area contributed by atoms with Crippen LogP contribution in [0.15, 0.2) is 0 Å². The molecule has 0 bridgehead atoms. The van der Waals surface area contributed by atoms with Crippen LogP contribution in [0.2, 0.25) is 0 Å². The second-order valence-corrected chi connectivity index (χ2v) is 3.02. The molecule has 0 spiro atoms. The van der Waals surface area contributed by atoms with Gasteiger partial charge in [-0.3, -0.25) is 9.80 Å². The van der Waals surface area contributed by atoms with Crippen molar-refractivity contribution < 1.29 is 4.79 Å². The first kappa shape index (κ1) is 9.78. The standard InChI is InChI=1S/C4H8N2OS.C2H6/c1-3-6(5)4(7)2-8-3;1-2/h3H,2,5H2,1H3;1-2H3. The molecule has 4 heteroatoms. The van der Waals surface area contributed by atoms with Gasteiger partial charge in [0, 0.05) is 0 Å². The van der Waals surface area contributed by atoms with Gasteiger partial charge in [-0.15, -0.1) is 11.8 Å². The number of hydrogen-bond acceptors (Lipinski definition) is 3. The summed E-state index contributed by atoms with van der Waals surface area (Å²) in [7, 11) is 0. The summed E-state index contributed by atoms with van der Waals surface area (Å²) in [5.41, 5.74) is 0. The topological polar surface area (TPSA) is 46.3 Å². The minimum absolute atomic E-state index is 0.0301. The molecule has 0 aromatic heterocycles. The van der Waals surface area contributed by atoms with E-state index in [1.165, 1.54) is 5.01 Å². The third-order valence-corrected chi connectivity index (χ3v) is 2.25. The maximum Gasteiger partial charge on any atom is 0.247 e. The fraction of sp³-hybridized carbons (Fsp3) is 0.833. The van der Waals surface area contributed by atoms with Crippen LogP contribution in [-0.4, -0.2) is 22.0 Å². The molecule has 0 aliphatic carbocycles. The molecule has 0 radical (unpaired) electrons. The van der Waals surface area contributed by atoms with Crippen molar-refractivity contribution in [2.45, 2.75) is 26.1 Å². The molecule has 2 N–H and O–H groups in total. The second-order valence-electron chi connectivity index (χ2n) is 1.71. The third kappa shape index (κ3) is 2.19. The Balaban J connectivity index is 0.000000371. The molecule has 0 aromatic carbocycles. The van der Waals surface area contributed by atoms with Crippen molar-refractivity contribution in [2.75, 3.05) is 5.75 Å². The van der Waals surface area contributed by atoms with E-state index in [2.05, 4.69) is 0 Å². The average Bonchev–Trinajstić information content (AvgIpc) is 2.25. The van der Waals surface area contributed by atoms with E-state index in [1.807, 2.05) is 20.8 Å². The summed E-state index contributed by atoms with van der Waals surface area (Å²) in [4.78, 5) is 10.6. The number of nitrogens with zero attached hydrogens (tertiary/aromatic N) is 1. The van der Waals surface area contributed by atoms with Crippen molar-refractivity contribution in [1.29, 1.82) is 0 Å². The van der Waals surface area contributed by atoms with Crippen LogP contribution in [0.25, 0.3) is 0 Å². The zero-order valence-corrected chi connectivity index (χ0v) is 7.44.